The van der Waals surface area contributed by atoms with Gasteiger partial charge in [0.15, 0.2) is 6.61 Å². The summed E-state index contributed by atoms with van der Waals surface area (Å²) in [7, 11) is 0. The first-order chi connectivity index (χ1) is 15.8. The third-order valence-corrected chi connectivity index (χ3v) is 7.33. The average Bonchev–Trinajstić information content (AvgIpc) is 3.48. The van der Waals surface area contributed by atoms with Gasteiger partial charge < -0.3 is 10.1 Å². The molecule has 1 N–H and O–H groups in total. The van der Waals surface area contributed by atoms with E-state index in [0.717, 1.165) is 24.8 Å². The van der Waals surface area contributed by atoms with E-state index in [-0.39, 0.29) is 29.2 Å². The van der Waals surface area contributed by atoms with Gasteiger partial charge >= 0.3 is 5.97 Å². The van der Waals surface area contributed by atoms with Crippen molar-refractivity contribution in [3.63, 3.8) is 0 Å². The van der Waals surface area contributed by atoms with Crippen LogP contribution in [0.4, 0.5) is 11.4 Å². The number of carbonyl (C=O) groups is 4. The van der Waals surface area contributed by atoms with Gasteiger partial charge in [0.25, 0.3) is 5.91 Å². The highest BCUT2D eigenvalue weighted by Crippen LogP contribution is 2.56. The maximum atomic E-state index is 12.9. The van der Waals surface area contributed by atoms with Gasteiger partial charge in [-0.25, -0.2) is 4.79 Å². The third kappa shape index (κ3) is 3.80. The number of hydrogen-bond acceptors (Lipinski definition) is 5. The number of nitrogens with one attached hydrogen (secondary N) is 1. The summed E-state index contributed by atoms with van der Waals surface area (Å²) in [6.45, 7) is 1.37. The van der Waals surface area contributed by atoms with Crippen molar-refractivity contribution in [2.45, 2.75) is 26.2 Å². The average molecular weight is 467 g/mol. The minimum absolute atomic E-state index is 0.125. The van der Waals surface area contributed by atoms with E-state index in [1.807, 2.05) is 6.92 Å². The molecule has 3 aliphatic rings. The van der Waals surface area contributed by atoms with Crippen molar-refractivity contribution in [3.8, 4) is 0 Å². The van der Waals surface area contributed by atoms with Crippen LogP contribution < -0.4 is 10.2 Å². The molecular formula is C25H23ClN2O5. The molecule has 3 fully saturated rings. The Balaban J connectivity index is 1.20. The first-order valence-electron chi connectivity index (χ1n) is 11.0. The minimum Gasteiger partial charge on any atom is -0.452 e. The largest absolute Gasteiger partial charge is 0.452 e. The molecule has 2 aromatic rings. The molecule has 2 bridgehead atoms. The summed E-state index contributed by atoms with van der Waals surface area (Å²) in [4.78, 5) is 51.7. The van der Waals surface area contributed by atoms with Crippen LogP contribution in [-0.2, 0) is 19.1 Å². The number of fused-ring (bicyclic) bond motifs is 5. The van der Waals surface area contributed by atoms with E-state index in [1.54, 1.807) is 30.3 Å². The second-order valence-electron chi connectivity index (χ2n) is 9.03. The molecule has 8 heteroatoms. The minimum atomic E-state index is -0.673. The highest BCUT2D eigenvalue weighted by Gasteiger charge is 2.61. The molecule has 170 valence electrons. The van der Waals surface area contributed by atoms with Crippen LogP contribution in [0, 0.1) is 30.6 Å². The van der Waals surface area contributed by atoms with Crippen LogP contribution >= 0.6 is 11.6 Å². The molecule has 1 aliphatic heterocycles. The van der Waals surface area contributed by atoms with Gasteiger partial charge in [0.2, 0.25) is 11.8 Å². The van der Waals surface area contributed by atoms with Crippen molar-refractivity contribution in [1.29, 1.82) is 0 Å². The molecule has 3 amide bonds. The highest BCUT2D eigenvalue weighted by molar-refractivity contribution is 6.31. The summed E-state index contributed by atoms with van der Waals surface area (Å²) in [6.07, 6.45) is 3.03. The number of rotatable bonds is 5. The number of carbonyl (C=O) groups excluding carboxylic acids is 4. The molecule has 0 radical (unpaired) electrons. The van der Waals surface area contributed by atoms with Gasteiger partial charge in [-0.3, -0.25) is 19.3 Å². The van der Waals surface area contributed by atoms with Crippen LogP contribution in [0.15, 0.2) is 42.5 Å². The Bertz CT molecular complexity index is 1130. The summed E-state index contributed by atoms with van der Waals surface area (Å²) in [5, 5.41) is 3.15. The Morgan fingerprint density at radius 1 is 1.03 bits per heavy atom. The van der Waals surface area contributed by atoms with Gasteiger partial charge in [0.05, 0.1) is 23.1 Å². The molecule has 4 atom stereocenters. The first kappa shape index (κ1) is 21.6. The maximum Gasteiger partial charge on any atom is 0.338 e. The molecule has 33 heavy (non-hydrogen) atoms. The number of nitrogens with zero attached hydrogens (tertiary/aromatic N) is 1. The molecule has 2 saturated carbocycles. The van der Waals surface area contributed by atoms with Crippen molar-refractivity contribution >= 4 is 46.7 Å². The van der Waals surface area contributed by atoms with Gasteiger partial charge in [-0.2, -0.15) is 0 Å². The van der Waals surface area contributed by atoms with E-state index in [0.29, 0.717) is 28.2 Å². The van der Waals surface area contributed by atoms with Gasteiger partial charge in [0, 0.05) is 10.7 Å². The number of anilines is 2. The predicted molar refractivity (Wildman–Crippen MR) is 122 cm³/mol. The molecule has 1 saturated heterocycles. The summed E-state index contributed by atoms with van der Waals surface area (Å²) in [6, 6.07) is 11.3. The van der Waals surface area contributed by atoms with Crippen LogP contribution in [0.3, 0.4) is 0 Å². The SMILES string of the molecule is Cc1ccc(Cl)cc1NC(=O)COC(=O)c1ccc(N2C(=O)[C@H]3[C@H]4CC[C@@H](C4)[C@@H]3C2=O)cc1. The maximum absolute atomic E-state index is 12.9. The molecule has 2 aliphatic carbocycles. The highest BCUT2D eigenvalue weighted by atomic mass is 35.5. The second-order valence-corrected chi connectivity index (χ2v) is 9.46. The smallest absolute Gasteiger partial charge is 0.338 e. The lowest BCUT2D eigenvalue weighted by Gasteiger charge is -2.19. The molecule has 2 aromatic carbocycles. The number of aryl methyl sites for hydroxylation is 1. The lowest BCUT2D eigenvalue weighted by atomic mass is 9.81. The van der Waals surface area contributed by atoms with Crippen molar-refractivity contribution in [2.24, 2.45) is 23.7 Å². The zero-order valence-electron chi connectivity index (χ0n) is 18.0. The Morgan fingerprint density at radius 3 is 2.30 bits per heavy atom. The van der Waals surface area contributed by atoms with Crippen LogP contribution in [-0.4, -0.2) is 30.3 Å². The number of benzene rings is 2. The van der Waals surface area contributed by atoms with Gasteiger partial charge in [-0.1, -0.05) is 17.7 Å². The third-order valence-electron chi connectivity index (χ3n) is 7.10. The summed E-state index contributed by atoms with van der Waals surface area (Å²) >= 11 is 5.95. The standard InChI is InChI=1S/C25H23ClN2O5/c1-13-2-7-17(26)11-19(13)27-20(29)12-33-25(32)14-5-8-18(9-6-14)28-23(30)21-15-3-4-16(10-15)22(21)24(28)31/h2,5-9,11,15-16,21-22H,3-4,10,12H2,1H3,(H,27,29)/t15-,16-,21-,22-/m0/s1. The predicted octanol–water partition coefficient (Wildman–Crippen LogP) is 3.98. The van der Waals surface area contributed by atoms with Crippen LogP contribution in [0.5, 0.6) is 0 Å². The number of ether oxygens (including phenoxy) is 1. The Morgan fingerprint density at radius 2 is 1.67 bits per heavy atom. The summed E-state index contributed by atoms with van der Waals surface area (Å²) < 4.78 is 5.11. The molecule has 0 unspecified atom stereocenters. The summed E-state index contributed by atoms with van der Waals surface area (Å²) in [5.74, 6) is -1.16. The fourth-order valence-electron chi connectivity index (χ4n) is 5.54. The number of imide groups is 1. The van der Waals surface area contributed by atoms with E-state index in [4.69, 9.17) is 16.3 Å². The molecule has 1 heterocycles. The molecule has 5 rings (SSSR count). The zero-order valence-corrected chi connectivity index (χ0v) is 18.8. The number of halogens is 1. The number of amides is 3. The van der Waals surface area contributed by atoms with E-state index in [2.05, 4.69) is 5.32 Å². The van der Waals surface area contributed by atoms with Crippen molar-refractivity contribution in [1.82, 2.24) is 0 Å². The molecule has 0 spiro atoms. The van der Waals surface area contributed by atoms with E-state index >= 15 is 0 Å². The molecule has 0 aromatic heterocycles. The fraction of sp³-hybridized carbons (Fsp3) is 0.360. The molecular weight excluding hydrogens is 444 g/mol. The van der Waals surface area contributed by atoms with E-state index in [9.17, 15) is 19.2 Å². The van der Waals surface area contributed by atoms with Crippen molar-refractivity contribution in [2.75, 3.05) is 16.8 Å². The lowest BCUT2D eigenvalue weighted by Crippen LogP contribution is -2.32. The van der Waals surface area contributed by atoms with Gasteiger partial charge in [0.1, 0.15) is 0 Å². The monoisotopic (exact) mass is 466 g/mol. The van der Waals surface area contributed by atoms with E-state index < -0.39 is 18.5 Å². The van der Waals surface area contributed by atoms with Crippen LogP contribution in [0.25, 0.3) is 0 Å². The van der Waals surface area contributed by atoms with Crippen molar-refractivity contribution < 1.29 is 23.9 Å². The Labute approximate surface area is 196 Å². The zero-order chi connectivity index (χ0) is 23.3. The van der Waals surface area contributed by atoms with E-state index in [1.165, 1.54) is 17.0 Å². The fourth-order valence-corrected chi connectivity index (χ4v) is 5.71. The second kappa shape index (κ2) is 8.30. The van der Waals surface area contributed by atoms with Crippen LogP contribution in [0.1, 0.15) is 35.2 Å². The normalized spacial score (nSPS) is 25.3. The lowest BCUT2D eigenvalue weighted by molar-refractivity contribution is -0.123. The summed E-state index contributed by atoms with van der Waals surface area (Å²) in [5.41, 5.74) is 2.07. The van der Waals surface area contributed by atoms with Crippen LogP contribution in [0.2, 0.25) is 5.02 Å². The number of esters is 1. The van der Waals surface area contributed by atoms with Gasteiger partial charge in [-0.05, 0) is 80.0 Å². The van der Waals surface area contributed by atoms with Gasteiger partial charge in [-0.15, -0.1) is 0 Å². The number of hydrogen-bond donors (Lipinski definition) is 1. The topological polar surface area (TPSA) is 92.8 Å². The Kier molecular flexibility index (Phi) is 5.44. The molecule has 7 nitrogen and oxygen atoms in total. The quantitative estimate of drug-likeness (QED) is 0.531. The first-order valence-corrected chi connectivity index (χ1v) is 11.4. The Hall–Kier alpha value is -3.19. The van der Waals surface area contributed by atoms with Crippen molar-refractivity contribution in [3.05, 3.63) is 58.6 Å².